The normalized spacial score (nSPS) is 9.68. The van der Waals surface area contributed by atoms with Gasteiger partial charge in [-0.3, -0.25) is 10.1 Å². The number of anilines is 1. The highest BCUT2D eigenvalue weighted by Crippen LogP contribution is 2.16. The van der Waals surface area contributed by atoms with Gasteiger partial charge in [-0.05, 0) is 24.5 Å². The Morgan fingerprint density at radius 3 is 2.79 bits per heavy atom. The Bertz CT molecular complexity index is 457. The first-order chi connectivity index (χ1) is 9.13. The maximum Gasteiger partial charge on any atom is 0.411 e. The molecule has 102 valence electrons. The van der Waals surface area contributed by atoms with E-state index >= 15 is 0 Å². The molecular formula is C14H17NO4. The van der Waals surface area contributed by atoms with Gasteiger partial charge in [-0.1, -0.05) is 24.3 Å². The second kappa shape index (κ2) is 7.92. The van der Waals surface area contributed by atoms with E-state index in [1.54, 1.807) is 30.3 Å². The van der Waals surface area contributed by atoms with Crippen LogP contribution >= 0.6 is 0 Å². The number of rotatable bonds is 7. The molecule has 5 heteroatoms. The van der Waals surface area contributed by atoms with Gasteiger partial charge in [-0.2, -0.15) is 0 Å². The number of carbonyl (C=O) groups excluding carboxylic acids is 1. The molecule has 0 fully saturated rings. The van der Waals surface area contributed by atoms with E-state index in [4.69, 9.17) is 9.84 Å². The van der Waals surface area contributed by atoms with Crippen molar-refractivity contribution in [1.29, 1.82) is 0 Å². The summed E-state index contributed by atoms with van der Waals surface area (Å²) in [6.45, 7) is 3.88. The Labute approximate surface area is 111 Å². The third-order valence-corrected chi connectivity index (χ3v) is 2.38. The molecule has 0 radical (unpaired) electrons. The number of para-hydroxylation sites is 1. The molecular weight excluding hydrogens is 246 g/mol. The molecule has 5 nitrogen and oxygen atoms in total. The SMILES string of the molecule is C=CCCCOC(=O)Nc1ccccc1CC(=O)O. The summed E-state index contributed by atoms with van der Waals surface area (Å²) in [7, 11) is 0. The first-order valence-corrected chi connectivity index (χ1v) is 5.98. The largest absolute Gasteiger partial charge is 0.481 e. The predicted molar refractivity (Wildman–Crippen MR) is 72.2 cm³/mol. The Hall–Kier alpha value is -2.30. The summed E-state index contributed by atoms with van der Waals surface area (Å²) in [5.74, 6) is -0.950. The van der Waals surface area contributed by atoms with Gasteiger partial charge < -0.3 is 9.84 Å². The minimum absolute atomic E-state index is 0.146. The van der Waals surface area contributed by atoms with Crippen molar-refractivity contribution in [1.82, 2.24) is 0 Å². The monoisotopic (exact) mass is 263 g/mol. The number of nitrogens with one attached hydrogen (secondary N) is 1. The Morgan fingerprint density at radius 1 is 1.37 bits per heavy atom. The Balaban J connectivity index is 2.53. The van der Waals surface area contributed by atoms with E-state index in [1.165, 1.54) is 0 Å². The molecule has 2 N–H and O–H groups in total. The van der Waals surface area contributed by atoms with Crippen LogP contribution in [0.15, 0.2) is 36.9 Å². The molecule has 1 aromatic carbocycles. The van der Waals surface area contributed by atoms with Crippen LogP contribution in [-0.2, 0) is 16.0 Å². The molecule has 1 aromatic rings. The van der Waals surface area contributed by atoms with E-state index in [-0.39, 0.29) is 6.42 Å². The highest BCUT2D eigenvalue weighted by atomic mass is 16.5. The van der Waals surface area contributed by atoms with Gasteiger partial charge in [0.1, 0.15) is 0 Å². The van der Waals surface area contributed by atoms with Gasteiger partial charge in [-0.25, -0.2) is 4.79 Å². The molecule has 0 bridgehead atoms. The molecule has 1 rings (SSSR count). The van der Waals surface area contributed by atoms with Crippen LogP contribution < -0.4 is 5.32 Å². The van der Waals surface area contributed by atoms with Gasteiger partial charge in [-0.15, -0.1) is 6.58 Å². The van der Waals surface area contributed by atoms with Crippen molar-refractivity contribution in [2.24, 2.45) is 0 Å². The number of benzene rings is 1. The number of allylic oxidation sites excluding steroid dienone is 1. The molecule has 0 aliphatic heterocycles. The lowest BCUT2D eigenvalue weighted by Gasteiger charge is -2.10. The predicted octanol–water partition coefficient (Wildman–Crippen LogP) is 2.83. The molecule has 0 aromatic heterocycles. The standard InChI is InChI=1S/C14H17NO4/c1-2-3-6-9-19-14(18)15-12-8-5-4-7-11(12)10-13(16)17/h2,4-5,7-8H,1,3,6,9-10H2,(H,15,18)(H,16,17). The number of carbonyl (C=O) groups is 2. The van der Waals surface area contributed by atoms with Crippen LogP contribution in [0, 0.1) is 0 Å². The highest BCUT2D eigenvalue weighted by molar-refractivity contribution is 5.87. The summed E-state index contributed by atoms with van der Waals surface area (Å²) in [5.41, 5.74) is 0.997. The van der Waals surface area contributed by atoms with Crippen LogP contribution in [-0.4, -0.2) is 23.8 Å². The summed E-state index contributed by atoms with van der Waals surface area (Å²) in [6.07, 6.45) is 2.52. The Kier molecular flexibility index (Phi) is 6.15. The average Bonchev–Trinajstić information content (AvgIpc) is 2.36. The van der Waals surface area contributed by atoms with Crippen molar-refractivity contribution in [3.05, 3.63) is 42.5 Å². The molecule has 0 atom stereocenters. The average molecular weight is 263 g/mol. The van der Waals surface area contributed by atoms with Crippen LogP contribution in [0.2, 0.25) is 0 Å². The lowest BCUT2D eigenvalue weighted by molar-refractivity contribution is -0.136. The van der Waals surface area contributed by atoms with Crippen molar-refractivity contribution >= 4 is 17.7 Å². The summed E-state index contributed by atoms with van der Waals surface area (Å²) >= 11 is 0. The zero-order valence-corrected chi connectivity index (χ0v) is 10.6. The number of carboxylic acid groups (broad SMARTS) is 1. The van der Waals surface area contributed by atoms with Crippen LogP contribution in [0.25, 0.3) is 0 Å². The maximum absolute atomic E-state index is 11.5. The molecule has 0 spiro atoms. The molecule has 0 saturated heterocycles. The van der Waals surface area contributed by atoms with E-state index in [0.717, 1.165) is 6.42 Å². The molecule has 0 aliphatic rings. The lowest BCUT2D eigenvalue weighted by Crippen LogP contribution is -2.16. The number of aliphatic carboxylic acids is 1. The Morgan fingerprint density at radius 2 is 2.11 bits per heavy atom. The first-order valence-electron chi connectivity index (χ1n) is 5.98. The number of carboxylic acids is 1. The van der Waals surface area contributed by atoms with Crippen molar-refractivity contribution in [2.45, 2.75) is 19.3 Å². The number of ether oxygens (including phenoxy) is 1. The summed E-state index contributed by atoms with van der Waals surface area (Å²) in [6, 6.07) is 6.74. The minimum Gasteiger partial charge on any atom is -0.481 e. The fourth-order valence-electron chi connectivity index (χ4n) is 1.50. The molecule has 0 unspecified atom stereocenters. The minimum atomic E-state index is -0.950. The topological polar surface area (TPSA) is 75.6 Å². The number of amides is 1. The zero-order chi connectivity index (χ0) is 14.1. The van der Waals surface area contributed by atoms with Crippen molar-refractivity contribution in [3.8, 4) is 0 Å². The van der Waals surface area contributed by atoms with Gasteiger partial charge in [0, 0.05) is 5.69 Å². The second-order valence-electron chi connectivity index (χ2n) is 3.92. The third-order valence-electron chi connectivity index (χ3n) is 2.38. The second-order valence-corrected chi connectivity index (χ2v) is 3.92. The van der Waals surface area contributed by atoms with Gasteiger partial charge in [0.15, 0.2) is 0 Å². The smallest absolute Gasteiger partial charge is 0.411 e. The first kappa shape index (κ1) is 14.8. The molecule has 1 amide bonds. The van der Waals surface area contributed by atoms with Crippen molar-refractivity contribution < 1.29 is 19.4 Å². The van der Waals surface area contributed by atoms with Gasteiger partial charge in [0.2, 0.25) is 0 Å². The fourth-order valence-corrected chi connectivity index (χ4v) is 1.50. The van der Waals surface area contributed by atoms with Gasteiger partial charge in [0.25, 0.3) is 0 Å². The summed E-state index contributed by atoms with van der Waals surface area (Å²) < 4.78 is 4.96. The molecule has 0 heterocycles. The van der Waals surface area contributed by atoms with Crippen LogP contribution in [0.5, 0.6) is 0 Å². The van der Waals surface area contributed by atoms with Crippen molar-refractivity contribution in [3.63, 3.8) is 0 Å². The summed E-state index contributed by atoms with van der Waals surface area (Å²) in [4.78, 5) is 22.2. The van der Waals surface area contributed by atoms with Crippen LogP contribution in [0.1, 0.15) is 18.4 Å². The van der Waals surface area contributed by atoms with Crippen LogP contribution in [0.4, 0.5) is 10.5 Å². The van der Waals surface area contributed by atoms with E-state index in [0.29, 0.717) is 24.3 Å². The summed E-state index contributed by atoms with van der Waals surface area (Å²) in [5, 5.41) is 11.3. The highest BCUT2D eigenvalue weighted by Gasteiger charge is 2.09. The maximum atomic E-state index is 11.5. The van der Waals surface area contributed by atoms with Gasteiger partial charge >= 0.3 is 12.1 Å². The van der Waals surface area contributed by atoms with E-state index in [9.17, 15) is 9.59 Å². The fraction of sp³-hybridized carbons (Fsp3) is 0.286. The molecule has 0 saturated carbocycles. The lowest BCUT2D eigenvalue weighted by atomic mass is 10.1. The quantitative estimate of drug-likeness (QED) is 0.586. The van der Waals surface area contributed by atoms with Crippen molar-refractivity contribution in [2.75, 3.05) is 11.9 Å². The van der Waals surface area contributed by atoms with E-state index < -0.39 is 12.1 Å². The number of unbranched alkanes of at least 4 members (excludes halogenated alkanes) is 1. The van der Waals surface area contributed by atoms with Crippen LogP contribution in [0.3, 0.4) is 0 Å². The molecule has 19 heavy (non-hydrogen) atoms. The zero-order valence-electron chi connectivity index (χ0n) is 10.6. The third kappa shape index (κ3) is 5.72. The van der Waals surface area contributed by atoms with E-state index in [2.05, 4.69) is 11.9 Å². The van der Waals surface area contributed by atoms with E-state index in [1.807, 2.05) is 0 Å². The van der Waals surface area contributed by atoms with Gasteiger partial charge in [0.05, 0.1) is 13.0 Å². The molecule has 0 aliphatic carbocycles. The number of hydrogen-bond acceptors (Lipinski definition) is 3. The number of hydrogen-bond donors (Lipinski definition) is 2.